The number of nitrogens with zero attached hydrogens (tertiary/aromatic N) is 1. The normalized spacial score (nSPS) is 17.2. The van der Waals surface area contributed by atoms with Crippen LogP contribution in [0.3, 0.4) is 0 Å². The Morgan fingerprint density at radius 3 is 2.46 bits per heavy atom. The Morgan fingerprint density at radius 1 is 1.03 bits per heavy atom. The Kier molecular flexibility index (Phi) is 6.82. The number of carbonyl (C=O) groups excluding carboxylic acids is 2. The van der Waals surface area contributed by atoms with Gasteiger partial charge >= 0.3 is 0 Å². The zero-order valence-electron chi connectivity index (χ0n) is 20.0. The molecule has 0 bridgehead atoms. The number of rotatable bonds is 8. The quantitative estimate of drug-likeness (QED) is 0.278. The minimum atomic E-state index is -0.983. The van der Waals surface area contributed by atoms with E-state index < -0.39 is 17.7 Å². The van der Waals surface area contributed by atoms with Crippen molar-refractivity contribution in [1.29, 1.82) is 0 Å². The fourth-order valence-electron chi connectivity index (χ4n) is 3.94. The monoisotopic (exact) mass is 477 g/mol. The summed E-state index contributed by atoms with van der Waals surface area (Å²) in [7, 11) is 2.99. The molecule has 0 aliphatic carbocycles. The lowest BCUT2D eigenvalue weighted by atomic mass is 9.99. The molecule has 2 aromatic carbocycles. The van der Waals surface area contributed by atoms with Crippen LogP contribution in [0.1, 0.15) is 31.2 Å². The summed E-state index contributed by atoms with van der Waals surface area (Å²) < 4.78 is 22.0. The summed E-state index contributed by atoms with van der Waals surface area (Å²) >= 11 is 0. The van der Waals surface area contributed by atoms with Crippen LogP contribution in [0.4, 0.5) is 5.69 Å². The third-order valence-corrected chi connectivity index (χ3v) is 5.59. The molecule has 1 saturated heterocycles. The van der Waals surface area contributed by atoms with Crippen LogP contribution in [-0.2, 0) is 9.59 Å². The van der Waals surface area contributed by atoms with Crippen LogP contribution in [-0.4, -0.2) is 37.6 Å². The number of aliphatic hydroxyl groups excluding tert-OH is 1. The topological polar surface area (TPSA) is 98.4 Å². The molecule has 1 amide bonds. The molecule has 1 atom stereocenters. The molecule has 4 rings (SSSR count). The maximum atomic E-state index is 13.2. The highest BCUT2D eigenvalue weighted by Gasteiger charge is 2.48. The third kappa shape index (κ3) is 4.59. The van der Waals surface area contributed by atoms with E-state index in [1.165, 1.54) is 25.4 Å². The number of ether oxygens (including phenoxy) is 3. The summed E-state index contributed by atoms with van der Waals surface area (Å²) in [6.07, 6.45) is 1.45. The summed E-state index contributed by atoms with van der Waals surface area (Å²) in [5, 5.41) is 11.3. The number of furan rings is 1. The Labute approximate surface area is 203 Å². The minimum Gasteiger partial charge on any atom is -0.507 e. The molecule has 1 aliphatic rings. The second-order valence-corrected chi connectivity index (χ2v) is 8.46. The molecule has 1 unspecified atom stereocenters. The summed E-state index contributed by atoms with van der Waals surface area (Å²) in [5.41, 5.74) is 0.660. The molecule has 0 radical (unpaired) electrons. The predicted molar refractivity (Wildman–Crippen MR) is 130 cm³/mol. The number of Topliss-reactive ketones (excluding diaryl/α,β-unsaturated/α-hetero) is 1. The van der Waals surface area contributed by atoms with Crippen molar-refractivity contribution in [2.45, 2.75) is 19.9 Å². The van der Waals surface area contributed by atoms with Gasteiger partial charge in [-0.2, -0.15) is 0 Å². The van der Waals surface area contributed by atoms with Gasteiger partial charge in [-0.15, -0.1) is 0 Å². The molecular formula is C27H27NO7. The minimum absolute atomic E-state index is 0.0826. The Bertz CT molecular complexity index is 1260. The average molecular weight is 478 g/mol. The smallest absolute Gasteiger partial charge is 0.300 e. The van der Waals surface area contributed by atoms with Crippen molar-refractivity contribution in [3.05, 3.63) is 77.8 Å². The van der Waals surface area contributed by atoms with E-state index in [0.29, 0.717) is 46.8 Å². The highest BCUT2D eigenvalue weighted by atomic mass is 16.5. The van der Waals surface area contributed by atoms with Crippen LogP contribution in [0, 0.1) is 5.92 Å². The fraction of sp³-hybridized carbons (Fsp3) is 0.259. The Hall–Kier alpha value is -4.20. The lowest BCUT2D eigenvalue weighted by Gasteiger charge is -2.24. The van der Waals surface area contributed by atoms with E-state index >= 15 is 0 Å². The molecule has 3 aromatic rings. The number of benzene rings is 2. The van der Waals surface area contributed by atoms with Crippen molar-refractivity contribution in [2.75, 3.05) is 25.7 Å². The van der Waals surface area contributed by atoms with Crippen LogP contribution in [0.15, 0.2) is 70.9 Å². The maximum Gasteiger partial charge on any atom is 0.300 e. The number of carbonyl (C=O) groups is 2. The van der Waals surface area contributed by atoms with E-state index in [0.717, 1.165) is 0 Å². The van der Waals surface area contributed by atoms with Gasteiger partial charge in [0.25, 0.3) is 11.7 Å². The largest absolute Gasteiger partial charge is 0.507 e. The molecule has 182 valence electrons. The van der Waals surface area contributed by atoms with Gasteiger partial charge in [-0.3, -0.25) is 14.5 Å². The molecule has 8 nitrogen and oxygen atoms in total. The Morgan fingerprint density at radius 2 is 1.80 bits per heavy atom. The van der Waals surface area contributed by atoms with Crippen LogP contribution >= 0.6 is 0 Å². The number of hydrogen-bond acceptors (Lipinski definition) is 7. The number of ketones is 1. The summed E-state index contributed by atoms with van der Waals surface area (Å²) in [6, 6.07) is 14.0. The van der Waals surface area contributed by atoms with Gasteiger partial charge in [-0.1, -0.05) is 26.0 Å². The molecular weight excluding hydrogens is 450 g/mol. The molecule has 35 heavy (non-hydrogen) atoms. The molecule has 1 fully saturated rings. The highest BCUT2D eigenvalue weighted by Crippen LogP contribution is 2.44. The lowest BCUT2D eigenvalue weighted by molar-refractivity contribution is -0.132. The van der Waals surface area contributed by atoms with E-state index in [9.17, 15) is 14.7 Å². The number of amides is 1. The molecule has 8 heteroatoms. The first-order chi connectivity index (χ1) is 16.8. The lowest BCUT2D eigenvalue weighted by Crippen LogP contribution is -2.29. The van der Waals surface area contributed by atoms with Crippen molar-refractivity contribution in [1.82, 2.24) is 0 Å². The second-order valence-electron chi connectivity index (χ2n) is 8.46. The van der Waals surface area contributed by atoms with E-state index in [-0.39, 0.29) is 11.3 Å². The average Bonchev–Trinajstić information content (AvgIpc) is 3.49. The SMILES string of the molecule is COc1ccc(N2C(=O)C(=O)/C(=C(\O)c3cccc(OCC(C)C)c3)C2c2ccco2)cc1OC. The molecule has 0 saturated carbocycles. The third-order valence-electron chi connectivity index (χ3n) is 5.59. The van der Waals surface area contributed by atoms with E-state index in [1.807, 2.05) is 13.8 Å². The van der Waals surface area contributed by atoms with Crippen molar-refractivity contribution in [3.8, 4) is 17.2 Å². The van der Waals surface area contributed by atoms with Gasteiger partial charge in [0.05, 0.1) is 32.7 Å². The van der Waals surface area contributed by atoms with Crippen LogP contribution in [0.2, 0.25) is 0 Å². The number of aliphatic hydroxyl groups is 1. The predicted octanol–water partition coefficient (Wildman–Crippen LogP) is 4.96. The first-order valence-corrected chi connectivity index (χ1v) is 11.1. The van der Waals surface area contributed by atoms with Crippen molar-refractivity contribution in [3.63, 3.8) is 0 Å². The molecule has 0 spiro atoms. The van der Waals surface area contributed by atoms with Gasteiger partial charge in [0, 0.05) is 17.3 Å². The van der Waals surface area contributed by atoms with E-state index in [1.54, 1.807) is 54.6 Å². The van der Waals surface area contributed by atoms with Crippen molar-refractivity contribution in [2.24, 2.45) is 5.92 Å². The van der Waals surface area contributed by atoms with Gasteiger partial charge in [0.1, 0.15) is 23.3 Å². The van der Waals surface area contributed by atoms with E-state index in [4.69, 9.17) is 18.6 Å². The van der Waals surface area contributed by atoms with Gasteiger partial charge in [0.15, 0.2) is 11.5 Å². The molecule has 1 N–H and O–H groups in total. The standard InChI is InChI=1S/C27H27NO7/c1-16(2)15-35-19-8-5-7-17(13-19)25(29)23-24(21-9-6-12-34-21)28(27(31)26(23)30)18-10-11-20(32-3)22(14-18)33-4/h5-14,16,24,29H,15H2,1-4H3/b25-23-. The number of hydrogen-bond donors (Lipinski definition) is 1. The fourth-order valence-corrected chi connectivity index (χ4v) is 3.94. The zero-order valence-corrected chi connectivity index (χ0v) is 20.0. The van der Waals surface area contributed by atoms with Gasteiger partial charge in [-0.25, -0.2) is 0 Å². The van der Waals surface area contributed by atoms with E-state index in [2.05, 4.69) is 0 Å². The van der Waals surface area contributed by atoms with Crippen molar-refractivity contribution >= 4 is 23.1 Å². The van der Waals surface area contributed by atoms with Gasteiger partial charge in [-0.05, 0) is 42.3 Å². The van der Waals surface area contributed by atoms with Crippen LogP contribution < -0.4 is 19.1 Å². The molecule has 1 aliphatic heterocycles. The highest BCUT2D eigenvalue weighted by molar-refractivity contribution is 6.51. The summed E-state index contributed by atoms with van der Waals surface area (Å²) in [4.78, 5) is 27.8. The zero-order chi connectivity index (χ0) is 25.1. The Balaban J connectivity index is 1.83. The summed E-state index contributed by atoms with van der Waals surface area (Å²) in [5.74, 6) is 0.111. The number of methoxy groups -OCH3 is 2. The first kappa shape index (κ1) is 23.9. The maximum absolute atomic E-state index is 13.2. The van der Waals surface area contributed by atoms with Crippen molar-refractivity contribution < 1.29 is 33.3 Å². The van der Waals surface area contributed by atoms with Crippen LogP contribution in [0.5, 0.6) is 17.2 Å². The second kappa shape index (κ2) is 9.97. The number of anilines is 1. The molecule has 2 heterocycles. The van der Waals surface area contributed by atoms with Gasteiger partial charge in [0.2, 0.25) is 0 Å². The van der Waals surface area contributed by atoms with Crippen LogP contribution in [0.25, 0.3) is 5.76 Å². The molecule has 1 aromatic heterocycles. The van der Waals surface area contributed by atoms with Gasteiger partial charge < -0.3 is 23.7 Å². The first-order valence-electron chi connectivity index (χ1n) is 11.1. The summed E-state index contributed by atoms with van der Waals surface area (Å²) in [6.45, 7) is 4.56.